The zero-order valence-electron chi connectivity index (χ0n) is 16.1. The number of carbonyl (C=O) groups is 1. The maximum Gasteiger partial charge on any atom is 0.133 e. The number of carbonyl (C=O) groups excluding carboxylic acids is 1. The van der Waals surface area contributed by atoms with Crippen molar-refractivity contribution >= 4 is 5.78 Å². The van der Waals surface area contributed by atoms with Crippen LogP contribution < -0.4 is 0 Å². The Morgan fingerprint density at radius 3 is 2.42 bits per heavy atom. The molecule has 0 heterocycles. The summed E-state index contributed by atoms with van der Waals surface area (Å²) in [5.74, 6) is 5.39. The Labute approximate surface area is 147 Å². The first-order chi connectivity index (χ1) is 11.2. The minimum absolute atomic E-state index is 0.263. The van der Waals surface area contributed by atoms with E-state index in [2.05, 4.69) is 13.8 Å². The van der Waals surface area contributed by atoms with Crippen LogP contribution >= 0.6 is 0 Å². The van der Waals surface area contributed by atoms with Crippen LogP contribution in [0.5, 0.6) is 0 Å². The molecule has 4 aliphatic rings. The highest BCUT2D eigenvalue weighted by molar-refractivity contribution is 5.80. The van der Waals surface area contributed by atoms with E-state index in [-0.39, 0.29) is 5.41 Å². The first-order valence-corrected chi connectivity index (χ1v) is 10.5. The van der Waals surface area contributed by atoms with Gasteiger partial charge in [0.1, 0.15) is 5.78 Å². The van der Waals surface area contributed by atoms with Crippen LogP contribution in [-0.2, 0) is 4.79 Å². The van der Waals surface area contributed by atoms with Crippen LogP contribution in [0.3, 0.4) is 0 Å². The highest BCUT2D eigenvalue weighted by Crippen LogP contribution is 2.65. The molecule has 1 N–H and O–H groups in total. The Balaban J connectivity index is 1.58. The third-order valence-corrected chi connectivity index (χ3v) is 9.02. The van der Waals surface area contributed by atoms with Crippen molar-refractivity contribution in [1.29, 1.82) is 0 Å². The van der Waals surface area contributed by atoms with Gasteiger partial charge in [-0.15, -0.1) is 0 Å². The molecule has 4 saturated carbocycles. The van der Waals surface area contributed by atoms with E-state index >= 15 is 0 Å². The predicted molar refractivity (Wildman–Crippen MR) is 96.5 cm³/mol. The molecule has 0 bridgehead atoms. The Hall–Kier alpha value is -0.370. The summed E-state index contributed by atoms with van der Waals surface area (Å²) in [4.78, 5) is 12.3. The number of Topliss-reactive ketones (excluding diaryl/α,β-unsaturated/α-hetero) is 1. The van der Waals surface area contributed by atoms with Gasteiger partial charge in [0.25, 0.3) is 0 Å². The minimum Gasteiger partial charge on any atom is -0.390 e. The number of rotatable bonds is 1. The summed E-state index contributed by atoms with van der Waals surface area (Å²) >= 11 is 0. The SMILES string of the molecule is CC(=O)C1[C@H](C)C[C@H]2[C@@H]3CC[C@H]4C[C@](C)(O)CC[C@@H]4[C@H]3CC[C@]12C. The summed E-state index contributed by atoms with van der Waals surface area (Å²) in [5, 5.41) is 10.5. The predicted octanol–water partition coefficient (Wildman–Crippen LogP) is 4.84. The highest BCUT2D eigenvalue weighted by Gasteiger charge is 2.60. The molecule has 0 saturated heterocycles. The van der Waals surface area contributed by atoms with Crippen LogP contribution in [0.4, 0.5) is 0 Å². The van der Waals surface area contributed by atoms with Gasteiger partial charge in [0.05, 0.1) is 5.60 Å². The van der Waals surface area contributed by atoms with Crippen molar-refractivity contribution in [3.05, 3.63) is 0 Å². The number of hydrogen-bond donors (Lipinski definition) is 1. The fraction of sp³-hybridized carbons (Fsp3) is 0.955. The first-order valence-electron chi connectivity index (χ1n) is 10.5. The molecule has 0 aromatic carbocycles. The standard InChI is InChI=1S/C22H36O2/c1-13-11-19-18-6-5-15-12-21(3,24)9-7-16(15)17(18)8-10-22(19,4)20(13)14(2)23/h13,15-20,24H,5-12H2,1-4H3/t13-,15+,16+,17-,18-,19+,20?,21-,22+/m1/s1. The van der Waals surface area contributed by atoms with Crippen molar-refractivity contribution in [1.82, 2.24) is 0 Å². The second-order valence-corrected chi connectivity index (χ2v) is 10.5. The van der Waals surface area contributed by atoms with Crippen LogP contribution in [0.25, 0.3) is 0 Å². The molecule has 2 nitrogen and oxygen atoms in total. The summed E-state index contributed by atoms with van der Waals surface area (Å²) < 4.78 is 0. The molecule has 4 rings (SSSR count). The maximum atomic E-state index is 12.3. The van der Waals surface area contributed by atoms with E-state index in [0.29, 0.717) is 17.6 Å². The maximum absolute atomic E-state index is 12.3. The first kappa shape index (κ1) is 17.1. The van der Waals surface area contributed by atoms with Gasteiger partial charge in [0.2, 0.25) is 0 Å². The van der Waals surface area contributed by atoms with Gasteiger partial charge in [-0.3, -0.25) is 4.79 Å². The Bertz CT molecular complexity index is 524. The molecule has 0 aromatic rings. The molecule has 136 valence electrons. The molecule has 24 heavy (non-hydrogen) atoms. The number of fused-ring (bicyclic) bond motifs is 5. The molecular formula is C22H36O2. The fourth-order valence-electron chi connectivity index (χ4n) is 8.31. The van der Waals surface area contributed by atoms with Crippen LogP contribution in [0.15, 0.2) is 0 Å². The number of ketones is 1. The van der Waals surface area contributed by atoms with Crippen LogP contribution in [0.2, 0.25) is 0 Å². The zero-order chi connectivity index (χ0) is 17.3. The van der Waals surface area contributed by atoms with Gasteiger partial charge in [-0.2, -0.15) is 0 Å². The molecule has 0 aromatic heterocycles. The minimum atomic E-state index is -0.418. The van der Waals surface area contributed by atoms with E-state index in [1.807, 2.05) is 13.8 Å². The topological polar surface area (TPSA) is 37.3 Å². The molecule has 0 amide bonds. The molecule has 4 fully saturated rings. The van der Waals surface area contributed by atoms with E-state index < -0.39 is 5.60 Å². The molecule has 4 aliphatic carbocycles. The fourth-order valence-corrected chi connectivity index (χ4v) is 8.31. The van der Waals surface area contributed by atoms with Gasteiger partial charge in [-0.25, -0.2) is 0 Å². The van der Waals surface area contributed by atoms with Gasteiger partial charge >= 0.3 is 0 Å². The van der Waals surface area contributed by atoms with Crippen molar-refractivity contribution in [2.24, 2.45) is 46.8 Å². The van der Waals surface area contributed by atoms with Crippen molar-refractivity contribution in [2.75, 3.05) is 0 Å². The third-order valence-electron chi connectivity index (χ3n) is 9.02. The Morgan fingerprint density at radius 2 is 1.71 bits per heavy atom. The van der Waals surface area contributed by atoms with Gasteiger partial charge in [-0.1, -0.05) is 13.8 Å². The van der Waals surface area contributed by atoms with Crippen LogP contribution in [0.1, 0.15) is 79.1 Å². The summed E-state index contributed by atoms with van der Waals surface area (Å²) in [6, 6.07) is 0. The number of hydrogen-bond acceptors (Lipinski definition) is 2. The Morgan fingerprint density at radius 1 is 1.00 bits per heavy atom. The van der Waals surface area contributed by atoms with E-state index in [1.54, 1.807) is 0 Å². The molecule has 0 radical (unpaired) electrons. The molecule has 2 heteroatoms. The summed E-state index contributed by atoms with van der Waals surface area (Å²) in [6.07, 6.45) is 9.77. The van der Waals surface area contributed by atoms with E-state index in [1.165, 1.54) is 38.5 Å². The lowest BCUT2D eigenvalue weighted by Crippen LogP contribution is -2.51. The van der Waals surface area contributed by atoms with Gasteiger partial charge in [0.15, 0.2) is 0 Å². The zero-order valence-corrected chi connectivity index (χ0v) is 16.1. The van der Waals surface area contributed by atoms with Crippen molar-refractivity contribution in [3.63, 3.8) is 0 Å². The lowest BCUT2D eigenvalue weighted by molar-refractivity contribution is -0.131. The molecule has 9 atom stereocenters. The largest absolute Gasteiger partial charge is 0.390 e. The second kappa shape index (κ2) is 5.56. The molecule has 0 spiro atoms. The van der Waals surface area contributed by atoms with Crippen molar-refractivity contribution in [2.45, 2.75) is 84.7 Å². The van der Waals surface area contributed by atoms with Gasteiger partial charge in [0, 0.05) is 5.92 Å². The van der Waals surface area contributed by atoms with Crippen LogP contribution in [-0.4, -0.2) is 16.5 Å². The summed E-state index contributed by atoms with van der Waals surface area (Å²) in [7, 11) is 0. The van der Waals surface area contributed by atoms with Crippen LogP contribution in [0, 0.1) is 46.8 Å². The van der Waals surface area contributed by atoms with Gasteiger partial charge in [-0.05, 0) is 106 Å². The summed E-state index contributed by atoms with van der Waals surface area (Å²) in [6.45, 7) is 8.65. The van der Waals surface area contributed by atoms with E-state index in [0.717, 1.165) is 42.4 Å². The highest BCUT2D eigenvalue weighted by atomic mass is 16.3. The third kappa shape index (κ3) is 2.42. The average Bonchev–Trinajstić information content (AvgIpc) is 2.76. The van der Waals surface area contributed by atoms with E-state index in [9.17, 15) is 9.90 Å². The Kier molecular flexibility index (Phi) is 3.95. The second-order valence-electron chi connectivity index (χ2n) is 10.5. The molecule has 1 unspecified atom stereocenters. The monoisotopic (exact) mass is 332 g/mol. The number of aliphatic hydroxyl groups is 1. The average molecular weight is 333 g/mol. The quantitative estimate of drug-likeness (QED) is 0.746. The molecule has 0 aliphatic heterocycles. The lowest BCUT2D eigenvalue weighted by Gasteiger charge is -2.56. The normalized spacial score (nSPS) is 57.0. The summed E-state index contributed by atoms with van der Waals surface area (Å²) in [5.41, 5.74) is -0.155. The van der Waals surface area contributed by atoms with E-state index in [4.69, 9.17) is 0 Å². The van der Waals surface area contributed by atoms with Crippen molar-refractivity contribution < 1.29 is 9.90 Å². The smallest absolute Gasteiger partial charge is 0.133 e. The molecular weight excluding hydrogens is 296 g/mol. The van der Waals surface area contributed by atoms with Crippen molar-refractivity contribution in [3.8, 4) is 0 Å². The van der Waals surface area contributed by atoms with Gasteiger partial charge < -0.3 is 5.11 Å². The lowest BCUT2D eigenvalue weighted by atomic mass is 9.49.